The Bertz CT molecular complexity index is 184. The Balaban J connectivity index is 2.34. The van der Waals surface area contributed by atoms with Crippen LogP contribution in [0.25, 0.3) is 0 Å². The molecule has 0 aromatic carbocycles. The molecule has 0 radical (unpaired) electrons. The minimum atomic E-state index is 0.545. The van der Waals surface area contributed by atoms with Crippen molar-refractivity contribution in [2.24, 2.45) is 5.41 Å². The van der Waals surface area contributed by atoms with Crippen LogP contribution in [-0.4, -0.2) is 12.1 Å². The van der Waals surface area contributed by atoms with Crippen molar-refractivity contribution in [3.8, 4) is 0 Å². The van der Waals surface area contributed by atoms with Crippen LogP contribution in [0.2, 0.25) is 0 Å². The zero-order valence-corrected chi connectivity index (χ0v) is 9.97. The van der Waals surface area contributed by atoms with E-state index in [1.807, 2.05) is 6.08 Å². The molecule has 0 saturated heterocycles. The molecule has 0 aromatic rings. The van der Waals surface area contributed by atoms with Crippen molar-refractivity contribution in [2.75, 3.05) is 0 Å². The van der Waals surface area contributed by atoms with Crippen LogP contribution >= 0.6 is 0 Å². The molecule has 0 bridgehead atoms. The van der Waals surface area contributed by atoms with Gasteiger partial charge in [0.05, 0.1) is 0 Å². The van der Waals surface area contributed by atoms with Crippen LogP contribution in [0, 0.1) is 5.41 Å². The Morgan fingerprint density at radius 1 is 1.57 bits per heavy atom. The van der Waals surface area contributed by atoms with Gasteiger partial charge in [-0.05, 0) is 38.0 Å². The molecule has 1 rings (SSSR count). The van der Waals surface area contributed by atoms with Crippen molar-refractivity contribution in [1.82, 2.24) is 5.32 Å². The van der Waals surface area contributed by atoms with Crippen molar-refractivity contribution in [2.45, 2.75) is 65.0 Å². The van der Waals surface area contributed by atoms with Crippen LogP contribution in [-0.2, 0) is 0 Å². The van der Waals surface area contributed by atoms with Gasteiger partial charge < -0.3 is 5.32 Å². The van der Waals surface area contributed by atoms with E-state index in [2.05, 4.69) is 32.7 Å². The van der Waals surface area contributed by atoms with Crippen LogP contribution in [0.15, 0.2) is 12.7 Å². The first-order valence-electron chi connectivity index (χ1n) is 5.90. The van der Waals surface area contributed by atoms with Gasteiger partial charge in [-0.2, -0.15) is 0 Å². The van der Waals surface area contributed by atoms with Crippen LogP contribution in [0.5, 0.6) is 0 Å². The van der Waals surface area contributed by atoms with Crippen molar-refractivity contribution in [1.29, 1.82) is 0 Å². The fourth-order valence-electron chi connectivity index (χ4n) is 2.56. The van der Waals surface area contributed by atoms with Gasteiger partial charge in [0.1, 0.15) is 0 Å². The second kappa shape index (κ2) is 4.97. The van der Waals surface area contributed by atoms with Crippen LogP contribution in [0.3, 0.4) is 0 Å². The second-order valence-electron chi connectivity index (χ2n) is 5.55. The second-order valence-corrected chi connectivity index (χ2v) is 5.55. The Morgan fingerprint density at radius 2 is 2.29 bits per heavy atom. The van der Waals surface area contributed by atoms with E-state index in [0.29, 0.717) is 11.5 Å². The predicted octanol–water partition coefficient (Wildman–Crippen LogP) is 3.51. The smallest absolute Gasteiger partial charge is 0.00757 e. The lowest BCUT2D eigenvalue weighted by Gasteiger charge is -2.37. The molecule has 0 amide bonds. The monoisotopic (exact) mass is 195 g/mol. The molecule has 1 saturated carbocycles. The summed E-state index contributed by atoms with van der Waals surface area (Å²) in [6, 6.07) is 1.32. The quantitative estimate of drug-likeness (QED) is 0.677. The van der Waals surface area contributed by atoms with E-state index in [0.717, 1.165) is 12.5 Å². The van der Waals surface area contributed by atoms with Crippen molar-refractivity contribution in [3.63, 3.8) is 0 Å². The van der Waals surface area contributed by atoms with Gasteiger partial charge >= 0.3 is 0 Å². The minimum absolute atomic E-state index is 0.545. The van der Waals surface area contributed by atoms with E-state index >= 15 is 0 Å². The third-order valence-electron chi connectivity index (χ3n) is 3.25. The van der Waals surface area contributed by atoms with Gasteiger partial charge in [0.15, 0.2) is 0 Å². The van der Waals surface area contributed by atoms with E-state index < -0.39 is 0 Å². The molecule has 82 valence electrons. The largest absolute Gasteiger partial charge is 0.311 e. The fourth-order valence-corrected chi connectivity index (χ4v) is 2.56. The van der Waals surface area contributed by atoms with Crippen molar-refractivity contribution < 1.29 is 0 Å². The van der Waals surface area contributed by atoms with Gasteiger partial charge in [-0.3, -0.25) is 0 Å². The Morgan fingerprint density at radius 3 is 2.86 bits per heavy atom. The Hall–Kier alpha value is -0.300. The lowest BCUT2D eigenvalue weighted by atomic mass is 9.75. The number of hydrogen-bond acceptors (Lipinski definition) is 1. The zero-order chi connectivity index (χ0) is 10.6. The predicted molar refractivity (Wildman–Crippen MR) is 63.4 cm³/mol. The summed E-state index contributed by atoms with van der Waals surface area (Å²) in [5, 5.41) is 3.70. The van der Waals surface area contributed by atoms with Crippen molar-refractivity contribution in [3.05, 3.63) is 12.7 Å². The maximum Gasteiger partial charge on any atom is 0.00757 e. The van der Waals surface area contributed by atoms with Gasteiger partial charge in [-0.15, -0.1) is 6.58 Å². The topological polar surface area (TPSA) is 12.0 Å². The minimum Gasteiger partial charge on any atom is -0.311 e. The standard InChI is InChI=1S/C13H25N/c1-5-7-11(2)14-12-8-6-9-13(3,4)10-12/h5,11-12,14H,1,6-10H2,2-4H3. The molecule has 0 aliphatic heterocycles. The van der Waals surface area contributed by atoms with Crippen LogP contribution in [0.4, 0.5) is 0 Å². The highest BCUT2D eigenvalue weighted by Crippen LogP contribution is 2.35. The summed E-state index contributed by atoms with van der Waals surface area (Å²) < 4.78 is 0. The molecule has 1 N–H and O–H groups in total. The van der Waals surface area contributed by atoms with E-state index in [9.17, 15) is 0 Å². The number of rotatable bonds is 4. The molecular formula is C13H25N. The molecule has 2 unspecified atom stereocenters. The summed E-state index contributed by atoms with van der Waals surface area (Å²) >= 11 is 0. The summed E-state index contributed by atoms with van der Waals surface area (Å²) in [4.78, 5) is 0. The highest BCUT2D eigenvalue weighted by atomic mass is 14.9. The molecule has 0 spiro atoms. The van der Waals surface area contributed by atoms with Gasteiger partial charge in [-0.1, -0.05) is 26.3 Å². The molecule has 14 heavy (non-hydrogen) atoms. The molecule has 1 aliphatic carbocycles. The fraction of sp³-hybridized carbons (Fsp3) is 0.846. The van der Waals surface area contributed by atoms with Gasteiger partial charge in [0.25, 0.3) is 0 Å². The molecule has 1 heteroatoms. The summed E-state index contributed by atoms with van der Waals surface area (Å²) in [5.41, 5.74) is 0.545. The maximum atomic E-state index is 3.78. The first-order chi connectivity index (χ1) is 6.53. The average molecular weight is 195 g/mol. The normalized spacial score (nSPS) is 28.4. The lowest BCUT2D eigenvalue weighted by Crippen LogP contribution is -2.41. The van der Waals surface area contributed by atoms with Crippen molar-refractivity contribution >= 4 is 0 Å². The number of hydrogen-bond donors (Lipinski definition) is 1. The SMILES string of the molecule is C=CCC(C)NC1CCCC(C)(C)C1. The van der Waals surface area contributed by atoms with Gasteiger partial charge in [0.2, 0.25) is 0 Å². The molecule has 0 aromatic heterocycles. The third-order valence-corrected chi connectivity index (χ3v) is 3.25. The molecule has 1 fully saturated rings. The summed E-state index contributed by atoms with van der Waals surface area (Å²) in [6.45, 7) is 10.8. The molecule has 2 atom stereocenters. The summed E-state index contributed by atoms with van der Waals surface area (Å²) in [7, 11) is 0. The van der Waals surface area contributed by atoms with Crippen LogP contribution < -0.4 is 5.32 Å². The van der Waals surface area contributed by atoms with E-state index in [1.54, 1.807) is 0 Å². The summed E-state index contributed by atoms with van der Waals surface area (Å²) in [5.74, 6) is 0. The average Bonchev–Trinajstić information content (AvgIpc) is 2.02. The highest BCUT2D eigenvalue weighted by Gasteiger charge is 2.28. The zero-order valence-electron chi connectivity index (χ0n) is 9.97. The molecule has 0 heterocycles. The molecule has 1 aliphatic rings. The van der Waals surface area contributed by atoms with E-state index in [-0.39, 0.29) is 0 Å². The van der Waals surface area contributed by atoms with E-state index in [1.165, 1.54) is 25.7 Å². The summed E-state index contributed by atoms with van der Waals surface area (Å²) in [6.07, 6.45) is 8.54. The van der Waals surface area contributed by atoms with Gasteiger partial charge in [-0.25, -0.2) is 0 Å². The van der Waals surface area contributed by atoms with Crippen LogP contribution in [0.1, 0.15) is 52.9 Å². The number of nitrogens with one attached hydrogen (secondary N) is 1. The van der Waals surface area contributed by atoms with E-state index in [4.69, 9.17) is 0 Å². The first kappa shape index (κ1) is 11.8. The third kappa shape index (κ3) is 3.83. The Kier molecular flexibility index (Phi) is 4.18. The Labute approximate surface area is 89.0 Å². The van der Waals surface area contributed by atoms with Gasteiger partial charge in [0, 0.05) is 12.1 Å². The maximum absolute atomic E-state index is 3.78. The highest BCUT2D eigenvalue weighted by molar-refractivity contribution is 4.86. The molecular weight excluding hydrogens is 170 g/mol. The first-order valence-corrected chi connectivity index (χ1v) is 5.90. The molecule has 1 nitrogen and oxygen atoms in total. The lowest BCUT2D eigenvalue weighted by molar-refractivity contribution is 0.191.